The zero-order valence-electron chi connectivity index (χ0n) is 24.5. The molecule has 0 saturated carbocycles. The summed E-state index contributed by atoms with van der Waals surface area (Å²) >= 11 is 15.6. The molecule has 3 aromatic rings. The van der Waals surface area contributed by atoms with Crippen molar-refractivity contribution in [3.05, 3.63) is 97.1 Å². The minimum absolute atomic E-state index is 0.174. The van der Waals surface area contributed by atoms with E-state index < -0.39 is 24.3 Å². The fourth-order valence-electron chi connectivity index (χ4n) is 4.36. The molecule has 0 unspecified atom stereocenters. The SMILES string of the molecule is CCOc1cc([C@H]2NC(=O)NC(C)=C2C(=O)OC)ccc1OC[C@@H](O)N/N=C\c1cc(Br)ccc1OCc1ccc(Cl)c(Cl)c1. The maximum Gasteiger partial charge on any atom is 0.337 e. The topological polar surface area (TPSA) is 140 Å². The van der Waals surface area contributed by atoms with Crippen molar-refractivity contribution >= 4 is 57.3 Å². The molecule has 1 heterocycles. The number of carbonyl (C=O) groups is 2. The molecule has 2 atom stereocenters. The van der Waals surface area contributed by atoms with Crippen LogP contribution in [0.1, 0.15) is 36.6 Å². The lowest BCUT2D eigenvalue weighted by Crippen LogP contribution is -2.45. The van der Waals surface area contributed by atoms with Crippen LogP contribution in [0.4, 0.5) is 4.79 Å². The van der Waals surface area contributed by atoms with Crippen LogP contribution < -0.4 is 30.3 Å². The summed E-state index contributed by atoms with van der Waals surface area (Å²) in [7, 11) is 1.27. The normalized spacial score (nSPS) is 15.3. The van der Waals surface area contributed by atoms with Crippen molar-refractivity contribution in [1.29, 1.82) is 0 Å². The lowest BCUT2D eigenvalue weighted by Gasteiger charge is -2.28. The van der Waals surface area contributed by atoms with E-state index in [0.29, 0.717) is 50.7 Å². The van der Waals surface area contributed by atoms with Gasteiger partial charge >= 0.3 is 12.0 Å². The van der Waals surface area contributed by atoms with Crippen LogP contribution in [0.15, 0.2) is 75.4 Å². The van der Waals surface area contributed by atoms with Gasteiger partial charge in [-0.1, -0.05) is 51.3 Å². The summed E-state index contributed by atoms with van der Waals surface area (Å²) in [5.74, 6) is 0.688. The number of nitrogens with one attached hydrogen (secondary N) is 3. The number of nitrogens with zero attached hydrogens (tertiary/aromatic N) is 1. The molecule has 0 aromatic heterocycles. The van der Waals surface area contributed by atoms with Gasteiger partial charge in [0.05, 0.1) is 41.6 Å². The fraction of sp³-hybridized carbons (Fsp3) is 0.258. The summed E-state index contributed by atoms with van der Waals surface area (Å²) in [4.78, 5) is 24.6. The van der Waals surface area contributed by atoms with Crippen molar-refractivity contribution < 1.29 is 33.6 Å². The van der Waals surface area contributed by atoms with Crippen LogP contribution in [0.2, 0.25) is 10.0 Å². The summed E-state index contributed by atoms with van der Waals surface area (Å²) in [6.07, 6.45) is 0.337. The molecule has 45 heavy (non-hydrogen) atoms. The van der Waals surface area contributed by atoms with Gasteiger partial charge in [0.1, 0.15) is 19.0 Å². The number of urea groups is 1. The Morgan fingerprint density at radius 1 is 1.07 bits per heavy atom. The van der Waals surface area contributed by atoms with Crippen molar-refractivity contribution in [3.8, 4) is 17.2 Å². The Morgan fingerprint density at radius 2 is 1.84 bits per heavy atom. The second-order valence-corrected chi connectivity index (χ2v) is 11.4. The largest absolute Gasteiger partial charge is 0.490 e. The van der Waals surface area contributed by atoms with E-state index in [1.807, 2.05) is 25.1 Å². The first-order valence-corrected chi connectivity index (χ1v) is 15.2. The second-order valence-electron chi connectivity index (χ2n) is 9.63. The number of benzene rings is 3. The Morgan fingerprint density at radius 3 is 2.58 bits per heavy atom. The van der Waals surface area contributed by atoms with Crippen molar-refractivity contribution in [2.45, 2.75) is 32.7 Å². The lowest BCUT2D eigenvalue weighted by molar-refractivity contribution is -0.136. The number of hydrogen-bond donors (Lipinski definition) is 4. The van der Waals surface area contributed by atoms with Crippen LogP contribution >= 0.6 is 39.1 Å². The number of amides is 2. The van der Waals surface area contributed by atoms with Crippen LogP contribution in [0.25, 0.3) is 0 Å². The summed E-state index contributed by atoms with van der Waals surface area (Å²) in [5, 5.41) is 20.9. The smallest absolute Gasteiger partial charge is 0.337 e. The number of hydrazone groups is 1. The number of allylic oxidation sites excluding steroid dienone is 1. The zero-order chi connectivity index (χ0) is 32.5. The highest BCUT2D eigenvalue weighted by Gasteiger charge is 2.32. The van der Waals surface area contributed by atoms with Crippen LogP contribution in [0.3, 0.4) is 0 Å². The van der Waals surface area contributed by atoms with Crippen LogP contribution in [0, 0.1) is 0 Å². The molecule has 4 rings (SSSR count). The van der Waals surface area contributed by atoms with Gasteiger partial charge in [0.2, 0.25) is 0 Å². The van der Waals surface area contributed by atoms with Gasteiger partial charge in [-0.05, 0) is 67.4 Å². The molecule has 1 aliphatic rings. The second kappa shape index (κ2) is 15.8. The van der Waals surface area contributed by atoms with Crippen molar-refractivity contribution in [3.63, 3.8) is 0 Å². The van der Waals surface area contributed by atoms with Gasteiger partial charge < -0.3 is 34.7 Å². The number of methoxy groups -OCH3 is 1. The quantitative estimate of drug-likeness (QED) is 0.0746. The molecule has 0 aliphatic carbocycles. The van der Waals surface area contributed by atoms with Gasteiger partial charge in [-0.3, -0.25) is 5.43 Å². The number of rotatable bonds is 13. The molecule has 0 saturated heterocycles. The minimum Gasteiger partial charge on any atom is -0.490 e. The van der Waals surface area contributed by atoms with E-state index in [-0.39, 0.29) is 18.8 Å². The number of carbonyl (C=O) groups excluding carboxylic acids is 2. The van der Waals surface area contributed by atoms with Gasteiger partial charge in [-0.25, -0.2) is 9.59 Å². The van der Waals surface area contributed by atoms with Crippen molar-refractivity contribution in [1.82, 2.24) is 16.1 Å². The lowest BCUT2D eigenvalue weighted by atomic mass is 9.95. The fourth-order valence-corrected chi connectivity index (χ4v) is 5.06. The first kappa shape index (κ1) is 33.9. The predicted octanol–water partition coefficient (Wildman–Crippen LogP) is 5.86. The monoisotopic (exact) mass is 720 g/mol. The zero-order valence-corrected chi connectivity index (χ0v) is 27.6. The Balaban J connectivity index is 1.40. The van der Waals surface area contributed by atoms with E-state index in [1.54, 1.807) is 43.3 Å². The van der Waals surface area contributed by atoms with Crippen molar-refractivity contribution in [2.75, 3.05) is 20.3 Å². The van der Waals surface area contributed by atoms with E-state index in [2.05, 4.69) is 37.1 Å². The molecular weight excluding hydrogens is 691 g/mol. The highest BCUT2D eigenvalue weighted by molar-refractivity contribution is 9.10. The molecule has 0 radical (unpaired) electrons. The van der Waals surface area contributed by atoms with E-state index >= 15 is 0 Å². The number of halogens is 3. The Kier molecular flexibility index (Phi) is 11.9. The third-order valence-electron chi connectivity index (χ3n) is 6.45. The number of esters is 1. The van der Waals surface area contributed by atoms with E-state index in [1.165, 1.54) is 13.3 Å². The first-order chi connectivity index (χ1) is 21.6. The summed E-state index contributed by atoms with van der Waals surface area (Å²) in [6.45, 7) is 3.84. The van der Waals surface area contributed by atoms with E-state index in [0.717, 1.165) is 10.0 Å². The maximum absolute atomic E-state index is 12.5. The van der Waals surface area contributed by atoms with E-state index in [9.17, 15) is 14.7 Å². The van der Waals surface area contributed by atoms with Crippen LogP contribution in [-0.4, -0.2) is 49.9 Å². The number of aliphatic hydroxyl groups excluding tert-OH is 1. The Labute approximate surface area is 278 Å². The highest BCUT2D eigenvalue weighted by Crippen LogP contribution is 2.35. The van der Waals surface area contributed by atoms with Crippen LogP contribution in [0.5, 0.6) is 17.2 Å². The number of aliphatic hydroxyl groups is 1. The molecule has 2 amide bonds. The number of hydrogen-bond acceptors (Lipinski definition) is 9. The predicted molar refractivity (Wildman–Crippen MR) is 174 cm³/mol. The highest BCUT2D eigenvalue weighted by atomic mass is 79.9. The van der Waals surface area contributed by atoms with Crippen LogP contribution in [-0.2, 0) is 16.1 Å². The molecule has 0 fully saturated rings. The van der Waals surface area contributed by atoms with Gasteiger partial charge in [0.15, 0.2) is 17.7 Å². The molecule has 11 nitrogen and oxygen atoms in total. The summed E-state index contributed by atoms with van der Waals surface area (Å²) in [6, 6.07) is 14.5. The third kappa shape index (κ3) is 9.04. The summed E-state index contributed by atoms with van der Waals surface area (Å²) in [5.41, 5.74) is 5.35. The maximum atomic E-state index is 12.5. The standard InChI is InChI=1S/C31H31BrCl2N4O7/c1-4-43-26-13-19(29-28(30(40)42-3)17(2)36-31(41)37-29)6-9-25(26)45-16-27(39)38-35-14-20-12-21(32)7-10-24(20)44-15-18-5-8-22(33)23(34)11-18/h5-14,27,29,38-39H,4,15-16H2,1-3H3,(H2,36,37,41)/b35-14-/t27-,29-/m1/s1. The first-order valence-electron chi connectivity index (χ1n) is 13.7. The Hall–Kier alpha value is -3.97. The summed E-state index contributed by atoms with van der Waals surface area (Å²) < 4.78 is 23.3. The molecule has 238 valence electrons. The molecule has 0 spiro atoms. The molecule has 0 bridgehead atoms. The third-order valence-corrected chi connectivity index (χ3v) is 7.68. The molecule has 14 heteroatoms. The molecule has 3 aromatic carbocycles. The van der Waals surface area contributed by atoms with Gasteiger partial charge in [0.25, 0.3) is 0 Å². The molecule has 1 aliphatic heterocycles. The van der Waals surface area contributed by atoms with Gasteiger partial charge in [0, 0.05) is 15.7 Å². The number of ether oxygens (including phenoxy) is 4. The molecular formula is C31H31BrCl2N4O7. The average molecular weight is 722 g/mol. The van der Waals surface area contributed by atoms with Crippen molar-refractivity contribution in [2.24, 2.45) is 5.10 Å². The van der Waals surface area contributed by atoms with Gasteiger partial charge in [-0.2, -0.15) is 5.10 Å². The minimum atomic E-state index is -1.18. The molecule has 4 N–H and O–H groups in total. The van der Waals surface area contributed by atoms with E-state index in [4.69, 9.17) is 42.1 Å². The Bertz CT molecular complexity index is 1620. The van der Waals surface area contributed by atoms with Gasteiger partial charge in [-0.15, -0.1) is 0 Å². The average Bonchev–Trinajstić information content (AvgIpc) is 3.01.